The van der Waals surface area contributed by atoms with Gasteiger partial charge in [-0.05, 0) is 29.8 Å². The predicted molar refractivity (Wildman–Crippen MR) is 68.6 cm³/mol. The molecule has 0 unspecified atom stereocenters. The van der Waals surface area contributed by atoms with E-state index >= 15 is 0 Å². The minimum absolute atomic E-state index is 0.0953. The van der Waals surface area contributed by atoms with E-state index in [0.717, 1.165) is 6.07 Å². The summed E-state index contributed by atoms with van der Waals surface area (Å²) in [6, 6.07) is 3.82. The summed E-state index contributed by atoms with van der Waals surface area (Å²) < 4.78 is 56.2. The summed E-state index contributed by atoms with van der Waals surface area (Å²) in [6.07, 6.45) is -3.46. The minimum atomic E-state index is -4.82. The highest BCUT2D eigenvalue weighted by Gasteiger charge is 2.34. The number of halogens is 5. The van der Waals surface area contributed by atoms with Crippen LogP contribution in [0, 0.1) is 5.82 Å². The zero-order chi connectivity index (χ0) is 15.6. The Morgan fingerprint density at radius 2 is 1.95 bits per heavy atom. The third kappa shape index (κ3) is 3.43. The fourth-order valence-corrected chi connectivity index (χ4v) is 1.82. The van der Waals surface area contributed by atoms with Crippen LogP contribution in [0.3, 0.4) is 0 Å². The van der Waals surface area contributed by atoms with Gasteiger partial charge in [0.2, 0.25) is 5.88 Å². The van der Waals surface area contributed by atoms with Crippen LogP contribution in [0.4, 0.5) is 17.6 Å². The lowest BCUT2D eigenvalue weighted by Crippen LogP contribution is -2.08. The first-order valence-corrected chi connectivity index (χ1v) is 6.08. The van der Waals surface area contributed by atoms with Crippen LogP contribution in [0.15, 0.2) is 30.5 Å². The van der Waals surface area contributed by atoms with Gasteiger partial charge in [-0.3, -0.25) is 0 Å². The SMILES string of the molecule is NCc1ccnc(Oc2ccc(F)c(C(F)(F)F)c2)c1Cl. The van der Waals surface area contributed by atoms with Gasteiger partial charge in [-0.25, -0.2) is 9.37 Å². The lowest BCUT2D eigenvalue weighted by Gasteiger charge is -2.12. The summed E-state index contributed by atoms with van der Waals surface area (Å²) >= 11 is 5.96. The number of rotatable bonds is 3. The molecule has 112 valence electrons. The van der Waals surface area contributed by atoms with Gasteiger partial charge in [-0.1, -0.05) is 11.6 Å². The first-order valence-electron chi connectivity index (χ1n) is 5.71. The van der Waals surface area contributed by atoms with Gasteiger partial charge in [0.25, 0.3) is 0 Å². The van der Waals surface area contributed by atoms with E-state index in [1.54, 1.807) is 6.07 Å². The monoisotopic (exact) mass is 320 g/mol. The van der Waals surface area contributed by atoms with Crippen LogP contribution < -0.4 is 10.5 Å². The van der Waals surface area contributed by atoms with Crippen LogP contribution in [0.1, 0.15) is 11.1 Å². The van der Waals surface area contributed by atoms with Gasteiger partial charge in [-0.2, -0.15) is 13.2 Å². The van der Waals surface area contributed by atoms with Crippen molar-refractivity contribution in [1.29, 1.82) is 0 Å². The molecule has 3 nitrogen and oxygen atoms in total. The van der Waals surface area contributed by atoms with Gasteiger partial charge in [0.05, 0.1) is 5.56 Å². The maximum absolute atomic E-state index is 13.2. The van der Waals surface area contributed by atoms with Crippen molar-refractivity contribution in [2.75, 3.05) is 0 Å². The Morgan fingerprint density at radius 3 is 2.57 bits per heavy atom. The molecule has 0 radical (unpaired) electrons. The van der Waals surface area contributed by atoms with E-state index in [4.69, 9.17) is 22.1 Å². The van der Waals surface area contributed by atoms with Crippen molar-refractivity contribution >= 4 is 11.6 Å². The Hall–Kier alpha value is -1.86. The third-order valence-corrected chi connectivity index (χ3v) is 3.02. The van der Waals surface area contributed by atoms with Gasteiger partial charge in [0.1, 0.15) is 16.6 Å². The summed E-state index contributed by atoms with van der Waals surface area (Å²) in [5, 5.41) is 0.0953. The lowest BCUT2D eigenvalue weighted by atomic mass is 10.2. The number of aromatic nitrogens is 1. The van der Waals surface area contributed by atoms with Crippen molar-refractivity contribution in [2.45, 2.75) is 12.7 Å². The topological polar surface area (TPSA) is 48.1 Å². The fraction of sp³-hybridized carbons (Fsp3) is 0.154. The van der Waals surface area contributed by atoms with Crippen molar-refractivity contribution < 1.29 is 22.3 Å². The molecule has 0 aliphatic rings. The highest BCUT2D eigenvalue weighted by atomic mass is 35.5. The number of nitrogens with two attached hydrogens (primary N) is 1. The minimum Gasteiger partial charge on any atom is -0.438 e. The molecule has 0 aliphatic heterocycles. The van der Waals surface area contributed by atoms with Crippen LogP contribution >= 0.6 is 11.6 Å². The maximum atomic E-state index is 13.2. The molecule has 1 aromatic carbocycles. The Kier molecular flexibility index (Phi) is 4.34. The molecule has 1 heterocycles. The zero-order valence-electron chi connectivity index (χ0n) is 10.4. The number of alkyl halides is 3. The molecular weight excluding hydrogens is 312 g/mol. The van der Waals surface area contributed by atoms with E-state index in [1.165, 1.54) is 6.20 Å². The molecule has 2 rings (SSSR count). The molecule has 0 atom stereocenters. The zero-order valence-corrected chi connectivity index (χ0v) is 11.2. The van der Waals surface area contributed by atoms with Gasteiger partial charge in [0.15, 0.2) is 0 Å². The van der Waals surface area contributed by atoms with E-state index < -0.39 is 17.6 Å². The van der Waals surface area contributed by atoms with E-state index in [2.05, 4.69) is 4.98 Å². The number of ether oxygens (including phenoxy) is 1. The van der Waals surface area contributed by atoms with E-state index in [9.17, 15) is 17.6 Å². The summed E-state index contributed by atoms with van der Waals surface area (Å²) in [7, 11) is 0. The van der Waals surface area contributed by atoms with Crippen LogP contribution in [0.25, 0.3) is 0 Å². The normalized spacial score (nSPS) is 11.5. The molecule has 2 aromatic rings. The average Bonchev–Trinajstić information content (AvgIpc) is 2.42. The molecule has 2 N–H and O–H groups in total. The maximum Gasteiger partial charge on any atom is 0.419 e. The number of hydrogen-bond acceptors (Lipinski definition) is 3. The summed E-state index contributed by atoms with van der Waals surface area (Å²) in [4.78, 5) is 3.81. The Balaban J connectivity index is 2.37. The molecule has 1 aromatic heterocycles. The number of nitrogens with zero attached hydrogens (tertiary/aromatic N) is 1. The van der Waals surface area contributed by atoms with Crippen LogP contribution in [0.5, 0.6) is 11.6 Å². The van der Waals surface area contributed by atoms with Crippen LogP contribution in [-0.2, 0) is 12.7 Å². The third-order valence-electron chi connectivity index (χ3n) is 2.61. The van der Waals surface area contributed by atoms with Crippen molar-refractivity contribution in [3.63, 3.8) is 0 Å². The molecular formula is C13H9ClF4N2O. The second kappa shape index (κ2) is 5.87. The summed E-state index contributed by atoms with van der Waals surface area (Å²) in [5.74, 6) is -1.71. The van der Waals surface area contributed by atoms with E-state index in [-0.39, 0.29) is 23.2 Å². The van der Waals surface area contributed by atoms with Gasteiger partial charge in [-0.15, -0.1) is 0 Å². The highest BCUT2D eigenvalue weighted by Crippen LogP contribution is 2.36. The molecule has 0 saturated carbocycles. The lowest BCUT2D eigenvalue weighted by molar-refractivity contribution is -0.140. The second-order valence-electron chi connectivity index (χ2n) is 4.03. The Bertz CT molecular complexity index is 661. The van der Waals surface area contributed by atoms with E-state index in [0.29, 0.717) is 17.7 Å². The smallest absolute Gasteiger partial charge is 0.419 e. The first-order chi connectivity index (χ1) is 9.82. The van der Waals surface area contributed by atoms with Gasteiger partial charge in [0, 0.05) is 12.7 Å². The molecule has 0 saturated heterocycles. The highest BCUT2D eigenvalue weighted by molar-refractivity contribution is 6.32. The molecule has 21 heavy (non-hydrogen) atoms. The van der Waals surface area contributed by atoms with Crippen molar-refractivity contribution in [2.24, 2.45) is 5.73 Å². The van der Waals surface area contributed by atoms with Crippen LogP contribution in [0.2, 0.25) is 5.02 Å². The molecule has 0 fully saturated rings. The largest absolute Gasteiger partial charge is 0.438 e. The molecule has 0 amide bonds. The first kappa shape index (κ1) is 15.5. The average molecular weight is 321 g/mol. The van der Waals surface area contributed by atoms with Crippen molar-refractivity contribution in [1.82, 2.24) is 4.98 Å². The number of benzene rings is 1. The number of hydrogen-bond donors (Lipinski definition) is 1. The van der Waals surface area contributed by atoms with Crippen LogP contribution in [-0.4, -0.2) is 4.98 Å². The molecule has 0 aliphatic carbocycles. The second-order valence-corrected chi connectivity index (χ2v) is 4.41. The molecule has 8 heteroatoms. The Morgan fingerprint density at radius 1 is 1.24 bits per heavy atom. The van der Waals surface area contributed by atoms with E-state index in [1.807, 2.05) is 0 Å². The summed E-state index contributed by atoms with van der Waals surface area (Å²) in [6.45, 7) is 0.120. The molecule has 0 bridgehead atoms. The standard InChI is InChI=1S/C13H9ClF4N2O/c14-11-7(6-19)3-4-20-12(11)21-8-1-2-10(15)9(5-8)13(16,17)18/h1-5H,6,19H2. The van der Waals surface area contributed by atoms with Crippen molar-refractivity contribution in [3.8, 4) is 11.6 Å². The predicted octanol–water partition coefficient (Wildman–Crippen LogP) is 4.14. The number of pyridine rings is 1. The summed E-state index contributed by atoms with van der Waals surface area (Å²) in [5.41, 5.74) is 4.55. The van der Waals surface area contributed by atoms with Gasteiger partial charge < -0.3 is 10.5 Å². The molecule has 0 spiro atoms. The Labute approximate surface area is 122 Å². The van der Waals surface area contributed by atoms with Crippen molar-refractivity contribution in [3.05, 3.63) is 52.4 Å². The van der Waals surface area contributed by atoms with Gasteiger partial charge >= 0.3 is 6.18 Å². The quantitative estimate of drug-likeness (QED) is 0.864. The fourth-order valence-electron chi connectivity index (χ4n) is 1.59.